The van der Waals surface area contributed by atoms with Crippen LogP contribution in [0.25, 0.3) is 11.1 Å². The molecule has 0 aromatic heterocycles. The molecule has 0 aliphatic carbocycles. The Bertz CT molecular complexity index is 1580. The molecular formula is C40H50BBrO10Pd. The van der Waals surface area contributed by atoms with Gasteiger partial charge in [-0.1, -0.05) is 103 Å². The van der Waals surface area contributed by atoms with Gasteiger partial charge in [0.05, 0.1) is 13.2 Å². The third kappa shape index (κ3) is 26.3. The SMILES string of the molecule is CC(=O)O.CC(=O)O.CC(=O)c1ccc(Br)cc1.CCCCOc1ccc(-c2ccc(C(C)=O)cc2)cc1.CCCCOc1ccc(B(O)O)cc1.[Pd]. The van der Waals surface area contributed by atoms with Gasteiger partial charge in [0.1, 0.15) is 11.5 Å². The van der Waals surface area contributed by atoms with Crippen LogP contribution in [0.4, 0.5) is 0 Å². The number of carbonyl (C=O) groups excluding carboxylic acids is 2. The van der Waals surface area contributed by atoms with Gasteiger partial charge in [-0.25, -0.2) is 0 Å². The normalized spacial score (nSPS) is 9.23. The molecule has 0 heterocycles. The zero-order valence-corrected chi connectivity index (χ0v) is 34.1. The maximum atomic E-state index is 11.2. The van der Waals surface area contributed by atoms with Crippen molar-refractivity contribution < 1.29 is 69.3 Å². The Labute approximate surface area is 335 Å². The van der Waals surface area contributed by atoms with E-state index < -0.39 is 19.1 Å². The summed E-state index contributed by atoms with van der Waals surface area (Å²) in [5, 5.41) is 32.5. The number of hydrogen-bond acceptors (Lipinski definition) is 8. The smallest absolute Gasteiger partial charge is 0.488 e. The fourth-order valence-corrected chi connectivity index (χ4v) is 3.99. The summed E-state index contributed by atoms with van der Waals surface area (Å²) in [4.78, 5) is 40.0. The number of aliphatic carboxylic acids is 2. The monoisotopic (exact) mass is 886 g/mol. The predicted molar refractivity (Wildman–Crippen MR) is 210 cm³/mol. The van der Waals surface area contributed by atoms with Gasteiger partial charge in [-0.2, -0.15) is 0 Å². The van der Waals surface area contributed by atoms with Crippen LogP contribution in [0.1, 0.15) is 87.9 Å². The second kappa shape index (κ2) is 30.4. The molecule has 0 saturated heterocycles. The van der Waals surface area contributed by atoms with Crippen LogP contribution in [0.3, 0.4) is 0 Å². The standard InChI is InChI=1S/C18H20O2.C10H15BO3.C8H7BrO.2C2H4O2.Pd/c1-3-4-13-20-18-11-9-17(10-12-18)16-7-5-15(6-8-16)14(2)19;1-2-3-8-14-10-6-4-9(5-7-10)11(12)13;1-6(10)7-2-4-8(9)5-3-7;2*1-2(3)4;/h5-12H,3-4,13H2,1-2H3;4-7,12-13H,2-3,8H2,1H3;2-5H,1H3;2*1H3,(H,3,4);. The molecular weight excluding hydrogens is 838 g/mol. The van der Waals surface area contributed by atoms with Gasteiger partial charge in [0.25, 0.3) is 11.9 Å². The number of carbonyl (C=O) groups is 4. The summed E-state index contributed by atoms with van der Waals surface area (Å²) < 4.78 is 12.1. The first-order valence-corrected chi connectivity index (χ1v) is 17.5. The molecule has 4 rings (SSSR count). The van der Waals surface area contributed by atoms with E-state index in [0.29, 0.717) is 12.1 Å². The van der Waals surface area contributed by atoms with Crippen LogP contribution in [0.2, 0.25) is 0 Å². The number of halogens is 1. The summed E-state index contributed by atoms with van der Waals surface area (Å²) in [7, 11) is -1.40. The average molecular weight is 888 g/mol. The first-order valence-electron chi connectivity index (χ1n) is 16.7. The number of hydrogen-bond donors (Lipinski definition) is 4. The Morgan fingerprint density at radius 1 is 0.566 bits per heavy atom. The third-order valence-corrected chi connectivity index (χ3v) is 6.97. The summed E-state index contributed by atoms with van der Waals surface area (Å²) in [5.74, 6) is 0.203. The van der Waals surface area contributed by atoms with Crippen molar-refractivity contribution >= 4 is 52.0 Å². The van der Waals surface area contributed by atoms with Crippen molar-refractivity contribution in [2.75, 3.05) is 13.2 Å². The Morgan fingerprint density at radius 2 is 0.868 bits per heavy atom. The molecule has 4 aromatic carbocycles. The molecule has 290 valence electrons. The molecule has 0 atom stereocenters. The largest absolute Gasteiger partial charge is 0.494 e. The number of Topliss-reactive ketones (excluding diaryl/α,β-unsaturated/α-hetero) is 2. The molecule has 0 aliphatic rings. The molecule has 0 saturated carbocycles. The van der Waals surface area contributed by atoms with Gasteiger partial charge in [0.15, 0.2) is 11.6 Å². The predicted octanol–water partition coefficient (Wildman–Crippen LogP) is 8.11. The molecule has 0 unspecified atom stereocenters. The Morgan fingerprint density at radius 3 is 1.17 bits per heavy atom. The van der Waals surface area contributed by atoms with Gasteiger partial charge >= 0.3 is 7.12 Å². The topological polar surface area (TPSA) is 168 Å². The van der Waals surface area contributed by atoms with Crippen LogP contribution in [-0.2, 0) is 30.0 Å². The van der Waals surface area contributed by atoms with E-state index >= 15 is 0 Å². The summed E-state index contributed by atoms with van der Waals surface area (Å²) in [5.41, 5.74) is 4.21. The number of rotatable bonds is 12. The maximum absolute atomic E-state index is 11.2. The van der Waals surface area contributed by atoms with Crippen molar-refractivity contribution in [3.63, 3.8) is 0 Å². The van der Waals surface area contributed by atoms with E-state index in [1.807, 2.05) is 60.7 Å². The first kappa shape index (κ1) is 51.0. The Kier molecular flexibility index (Phi) is 29.2. The van der Waals surface area contributed by atoms with E-state index in [-0.39, 0.29) is 32.0 Å². The second-order valence-electron chi connectivity index (χ2n) is 11.1. The van der Waals surface area contributed by atoms with Crippen molar-refractivity contribution in [2.45, 2.75) is 67.2 Å². The minimum Gasteiger partial charge on any atom is -0.494 e. The van der Waals surface area contributed by atoms with Crippen LogP contribution in [0, 0.1) is 0 Å². The summed E-state index contributed by atoms with van der Waals surface area (Å²) in [6.45, 7) is 11.0. The molecule has 0 amide bonds. The first-order chi connectivity index (χ1) is 24.6. The van der Waals surface area contributed by atoms with Crippen molar-refractivity contribution in [1.82, 2.24) is 0 Å². The fraction of sp³-hybridized carbons (Fsp3) is 0.300. The van der Waals surface area contributed by atoms with E-state index in [9.17, 15) is 9.59 Å². The van der Waals surface area contributed by atoms with E-state index in [1.54, 1.807) is 50.2 Å². The number of carboxylic acid groups (broad SMARTS) is 2. The molecule has 0 aliphatic heterocycles. The van der Waals surface area contributed by atoms with Crippen LogP contribution < -0.4 is 14.9 Å². The van der Waals surface area contributed by atoms with Crippen molar-refractivity contribution in [1.29, 1.82) is 0 Å². The fourth-order valence-electron chi connectivity index (χ4n) is 3.73. The number of ether oxygens (including phenoxy) is 2. The molecule has 10 nitrogen and oxygen atoms in total. The van der Waals surface area contributed by atoms with Gasteiger partial charge in [-0.05, 0) is 79.7 Å². The van der Waals surface area contributed by atoms with E-state index in [4.69, 9.17) is 39.3 Å². The van der Waals surface area contributed by atoms with Gasteiger partial charge in [0.2, 0.25) is 0 Å². The molecule has 0 spiro atoms. The van der Waals surface area contributed by atoms with E-state index in [2.05, 4.69) is 29.8 Å². The molecule has 53 heavy (non-hydrogen) atoms. The minimum atomic E-state index is -1.40. The van der Waals surface area contributed by atoms with Crippen molar-refractivity contribution in [3.8, 4) is 22.6 Å². The minimum absolute atomic E-state index is 0. The molecule has 4 N–H and O–H groups in total. The zero-order valence-electron chi connectivity index (χ0n) is 31.0. The molecule has 0 bridgehead atoms. The maximum Gasteiger partial charge on any atom is 0.488 e. The number of unbranched alkanes of at least 4 members (excludes halogenated alkanes) is 2. The van der Waals surface area contributed by atoms with Gasteiger partial charge < -0.3 is 29.7 Å². The quantitative estimate of drug-likeness (QED) is 0.0620. The Balaban J connectivity index is 0. The van der Waals surface area contributed by atoms with Crippen LogP contribution in [0.15, 0.2) is 102 Å². The molecule has 0 radical (unpaired) electrons. The van der Waals surface area contributed by atoms with Gasteiger partial charge in [-0.15, -0.1) is 0 Å². The zero-order chi connectivity index (χ0) is 39.5. The average Bonchev–Trinajstić information content (AvgIpc) is 3.09. The van der Waals surface area contributed by atoms with Crippen molar-refractivity contribution in [2.24, 2.45) is 0 Å². The number of ketones is 2. The van der Waals surface area contributed by atoms with Crippen LogP contribution >= 0.6 is 15.9 Å². The summed E-state index contributed by atoms with van der Waals surface area (Å²) in [6, 6.07) is 29.8. The van der Waals surface area contributed by atoms with E-state index in [0.717, 1.165) is 84.4 Å². The number of benzene rings is 4. The summed E-state index contributed by atoms with van der Waals surface area (Å²) >= 11 is 3.28. The van der Waals surface area contributed by atoms with Gasteiger partial charge in [-0.3, -0.25) is 19.2 Å². The number of carboxylic acids is 2. The Hall–Kier alpha value is -4.11. The van der Waals surface area contributed by atoms with Crippen LogP contribution in [-0.4, -0.2) is 64.1 Å². The molecule has 4 aromatic rings. The van der Waals surface area contributed by atoms with Gasteiger partial charge in [0, 0.05) is 49.9 Å². The van der Waals surface area contributed by atoms with Crippen molar-refractivity contribution in [3.05, 3.63) is 113 Å². The second-order valence-corrected chi connectivity index (χ2v) is 12.0. The third-order valence-electron chi connectivity index (χ3n) is 6.44. The van der Waals surface area contributed by atoms with E-state index in [1.165, 1.54) is 0 Å². The van der Waals surface area contributed by atoms with Crippen LogP contribution in [0.5, 0.6) is 11.5 Å². The summed E-state index contributed by atoms with van der Waals surface area (Å²) in [6.07, 6.45) is 4.35. The molecule has 0 fully saturated rings. The molecule has 13 heteroatoms.